The van der Waals surface area contributed by atoms with E-state index in [1.54, 1.807) is 0 Å². The number of nitrogens with zero attached hydrogens (tertiary/aromatic N) is 4. The number of aromatic nitrogens is 4. The first kappa shape index (κ1) is 22.4. The molecular formula is C26H31IrN4-. The number of benzene rings is 1. The summed E-state index contributed by atoms with van der Waals surface area (Å²) >= 11 is 0. The van der Waals surface area contributed by atoms with Crippen LogP contribution in [-0.4, -0.2) is 19.4 Å². The molecule has 0 aliphatic heterocycles. The van der Waals surface area contributed by atoms with Gasteiger partial charge in [-0.1, -0.05) is 53.9 Å². The molecule has 0 bridgehead atoms. The van der Waals surface area contributed by atoms with Gasteiger partial charge in [-0.15, -0.1) is 0 Å². The molecule has 3 aromatic heterocycles. The summed E-state index contributed by atoms with van der Waals surface area (Å²) in [6, 6.07) is 4.69. The summed E-state index contributed by atoms with van der Waals surface area (Å²) in [4.78, 5) is 14.6. The molecule has 165 valence electrons. The van der Waals surface area contributed by atoms with Gasteiger partial charge in [-0.3, -0.25) is 4.98 Å². The van der Waals surface area contributed by atoms with Gasteiger partial charge >= 0.3 is 0 Å². The molecule has 1 aliphatic carbocycles. The van der Waals surface area contributed by atoms with Crippen LogP contribution in [0.4, 0.5) is 0 Å². The van der Waals surface area contributed by atoms with Crippen LogP contribution in [0, 0.1) is 20.0 Å². The number of imidazole rings is 1. The molecule has 0 saturated carbocycles. The van der Waals surface area contributed by atoms with E-state index in [4.69, 9.17) is 9.97 Å². The van der Waals surface area contributed by atoms with E-state index in [9.17, 15) is 0 Å². The zero-order valence-electron chi connectivity index (χ0n) is 20.0. The number of rotatable bonds is 0. The molecule has 0 saturated heterocycles. The van der Waals surface area contributed by atoms with Crippen LogP contribution >= 0.6 is 0 Å². The largest absolute Gasteiger partial charge is 0.338 e. The summed E-state index contributed by atoms with van der Waals surface area (Å²) in [6.45, 7) is 20.1. The molecule has 0 N–H and O–H groups in total. The molecule has 0 fully saturated rings. The molecule has 0 unspecified atom stereocenters. The summed E-state index contributed by atoms with van der Waals surface area (Å²) in [6.07, 6.45) is 4.45. The van der Waals surface area contributed by atoms with Crippen LogP contribution in [0.5, 0.6) is 0 Å². The first-order valence-electron chi connectivity index (χ1n) is 10.9. The summed E-state index contributed by atoms with van der Waals surface area (Å²) in [5, 5.41) is 0.904. The number of hydrogen-bond donors (Lipinski definition) is 0. The van der Waals surface area contributed by atoms with Crippen molar-refractivity contribution in [1.82, 2.24) is 19.4 Å². The van der Waals surface area contributed by atoms with Crippen LogP contribution in [0.15, 0.2) is 12.1 Å². The monoisotopic (exact) mass is 592 g/mol. The van der Waals surface area contributed by atoms with Crippen molar-refractivity contribution in [2.24, 2.45) is 0 Å². The normalized spacial score (nSPS) is 17.3. The third-order valence-corrected chi connectivity index (χ3v) is 6.99. The van der Waals surface area contributed by atoms with E-state index in [1.165, 1.54) is 27.9 Å². The van der Waals surface area contributed by atoms with Crippen molar-refractivity contribution in [3.05, 3.63) is 46.5 Å². The van der Waals surface area contributed by atoms with Crippen molar-refractivity contribution < 1.29 is 20.1 Å². The number of fused-ring (bicyclic) bond motifs is 6. The molecule has 1 radical (unpaired) electrons. The summed E-state index contributed by atoms with van der Waals surface area (Å²) in [5.41, 5.74) is 9.51. The Morgan fingerprint density at radius 3 is 2.19 bits per heavy atom. The van der Waals surface area contributed by atoms with E-state index < -0.39 is 0 Å². The van der Waals surface area contributed by atoms with Crippen molar-refractivity contribution >= 4 is 27.6 Å². The SMILES string of the molecule is Cc1c(C)n2c3cc4c(cc3nc2c2[c-]nc(C(C)(C)C)nc12)C(C)(C)CC4(C)C.[Ir]. The van der Waals surface area contributed by atoms with Gasteiger partial charge in [-0.25, -0.2) is 0 Å². The van der Waals surface area contributed by atoms with Gasteiger partial charge in [0.05, 0.1) is 16.7 Å². The second-order valence-corrected chi connectivity index (χ2v) is 11.4. The molecule has 4 nitrogen and oxygen atoms in total. The Hall–Kier alpha value is -1.84. The predicted octanol–water partition coefficient (Wildman–Crippen LogP) is 6.10. The zero-order valence-corrected chi connectivity index (χ0v) is 22.4. The molecule has 3 heterocycles. The maximum atomic E-state index is 5.08. The summed E-state index contributed by atoms with van der Waals surface area (Å²) in [7, 11) is 0. The van der Waals surface area contributed by atoms with Crippen LogP contribution in [0.25, 0.3) is 27.6 Å². The average molecular weight is 592 g/mol. The standard InChI is InChI=1S/C26H31N4.Ir/c1-14-15(2)30-20-11-18-17(25(6,7)13-26(18,8)9)10-19(20)28-22(30)16-12-27-23(24(3,4)5)29-21(14)16;/h10-11H,13H2,1-9H3;/q-1;. The van der Waals surface area contributed by atoms with E-state index in [0.29, 0.717) is 0 Å². The Bertz CT molecular complexity index is 1370. The quantitative estimate of drug-likeness (QED) is 0.232. The second-order valence-electron chi connectivity index (χ2n) is 11.4. The molecule has 0 spiro atoms. The first-order valence-corrected chi connectivity index (χ1v) is 10.9. The van der Waals surface area contributed by atoms with Gasteiger partial charge in [0, 0.05) is 31.6 Å². The van der Waals surface area contributed by atoms with Gasteiger partial charge in [0.25, 0.3) is 0 Å². The molecule has 5 rings (SSSR count). The predicted molar refractivity (Wildman–Crippen MR) is 123 cm³/mol. The third-order valence-electron chi connectivity index (χ3n) is 6.99. The van der Waals surface area contributed by atoms with Crippen LogP contribution in [0.3, 0.4) is 0 Å². The minimum Gasteiger partial charge on any atom is -0.338 e. The Kier molecular flexibility index (Phi) is 4.75. The van der Waals surface area contributed by atoms with E-state index in [2.05, 4.69) is 90.0 Å². The fourth-order valence-corrected chi connectivity index (χ4v) is 5.50. The van der Waals surface area contributed by atoms with Crippen molar-refractivity contribution in [2.45, 2.75) is 85.0 Å². The Labute approximate surface area is 198 Å². The Balaban J connectivity index is 0.00000231. The van der Waals surface area contributed by atoms with Crippen molar-refractivity contribution in [3.8, 4) is 0 Å². The fraction of sp³-hybridized carbons (Fsp3) is 0.500. The minimum absolute atomic E-state index is 0. The minimum atomic E-state index is -0.116. The van der Waals surface area contributed by atoms with Gasteiger partial charge in [-0.05, 0) is 77.0 Å². The smallest absolute Gasteiger partial charge is 0.0777 e. The van der Waals surface area contributed by atoms with E-state index >= 15 is 0 Å². The van der Waals surface area contributed by atoms with Crippen LogP contribution in [-0.2, 0) is 36.4 Å². The molecular weight excluding hydrogens is 561 g/mol. The maximum Gasteiger partial charge on any atom is 0.0777 e. The molecule has 31 heavy (non-hydrogen) atoms. The Morgan fingerprint density at radius 2 is 1.58 bits per heavy atom. The fourth-order valence-electron chi connectivity index (χ4n) is 5.50. The summed E-state index contributed by atoms with van der Waals surface area (Å²) < 4.78 is 2.28. The first-order chi connectivity index (χ1) is 13.8. The van der Waals surface area contributed by atoms with Gasteiger partial charge < -0.3 is 14.4 Å². The number of hydrogen-bond acceptors (Lipinski definition) is 3. The van der Waals surface area contributed by atoms with Crippen LogP contribution in [0.2, 0.25) is 0 Å². The van der Waals surface area contributed by atoms with E-state index in [1.807, 2.05) is 0 Å². The van der Waals surface area contributed by atoms with Gasteiger partial charge in [0.1, 0.15) is 0 Å². The van der Waals surface area contributed by atoms with Crippen LogP contribution in [0.1, 0.15) is 83.1 Å². The van der Waals surface area contributed by atoms with Gasteiger partial charge in [0.2, 0.25) is 0 Å². The van der Waals surface area contributed by atoms with E-state index in [0.717, 1.165) is 34.3 Å². The molecule has 1 aliphatic rings. The number of pyridine rings is 1. The second kappa shape index (κ2) is 6.59. The van der Waals surface area contributed by atoms with Crippen LogP contribution < -0.4 is 0 Å². The third kappa shape index (κ3) is 3.08. The topological polar surface area (TPSA) is 43.1 Å². The Morgan fingerprint density at radius 1 is 0.968 bits per heavy atom. The number of aryl methyl sites for hydroxylation is 2. The van der Waals surface area contributed by atoms with Gasteiger partial charge in [-0.2, -0.15) is 0 Å². The van der Waals surface area contributed by atoms with Crippen molar-refractivity contribution in [2.75, 3.05) is 0 Å². The average Bonchev–Trinajstić information content (AvgIpc) is 3.09. The molecule has 1 aromatic carbocycles. The molecule has 4 aromatic rings. The zero-order chi connectivity index (χ0) is 21.8. The van der Waals surface area contributed by atoms with Crippen molar-refractivity contribution in [3.63, 3.8) is 0 Å². The van der Waals surface area contributed by atoms with Gasteiger partial charge in [0.15, 0.2) is 0 Å². The van der Waals surface area contributed by atoms with E-state index in [-0.39, 0.29) is 36.4 Å². The molecule has 0 amide bonds. The molecule has 5 heteroatoms. The van der Waals surface area contributed by atoms with Crippen molar-refractivity contribution in [1.29, 1.82) is 0 Å². The summed E-state index contributed by atoms with van der Waals surface area (Å²) in [5.74, 6) is 0.820. The maximum absolute atomic E-state index is 5.08. The molecule has 0 atom stereocenters.